The zero-order valence-electron chi connectivity index (χ0n) is 9.64. The van der Waals surface area contributed by atoms with Crippen LogP contribution in [-0.2, 0) is 6.54 Å². The number of H-pyrrole nitrogens is 1. The van der Waals surface area contributed by atoms with Gasteiger partial charge in [0, 0.05) is 11.0 Å². The van der Waals surface area contributed by atoms with Crippen LogP contribution in [0.5, 0.6) is 0 Å². The van der Waals surface area contributed by atoms with E-state index in [0.717, 1.165) is 38.7 Å². The molecule has 0 spiro atoms. The lowest BCUT2D eigenvalue weighted by Gasteiger charge is -2.07. The standard InChI is InChI=1S/C12H13BrClN3/c1-7-12(8(2)17-16-7)15-6-9-3-4-10(13)11(14)5-9/h3-5,15H,6H2,1-2H3,(H,16,17). The van der Waals surface area contributed by atoms with Crippen molar-refractivity contribution in [1.29, 1.82) is 0 Å². The highest BCUT2D eigenvalue weighted by Gasteiger charge is 2.05. The monoisotopic (exact) mass is 313 g/mol. The Morgan fingerprint density at radius 3 is 2.76 bits per heavy atom. The third kappa shape index (κ3) is 2.82. The van der Waals surface area contributed by atoms with Gasteiger partial charge in [0.1, 0.15) is 0 Å². The molecule has 3 nitrogen and oxygen atoms in total. The SMILES string of the molecule is Cc1n[nH]c(C)c1NCc1ccc(Br)c(Cl)c1. The Hall–Kier alpha value is -1.000. The van der Waals surface area contributed by atoms with E-state index in [0.29, 0.717) is 0 Å². The highest BCUT2D eigenvalue weighted by atomic mass is 79.9. The molecule has 0 radical (unpaired) electrons. The van der Waals surface area contributed by atoms with Crippen LogP contribution < -0.4 is 5.32 Å². The highest BCUT2D eigenvalue weighted by Crippen LogP contribution is 2.24. The van der Waals surface area contributed by atoms with Gasteiger partial charge in [0.05, 0.1) is 22.1 Å². The number of rotatable bonds is 3. The molecular formula is C12H13BrClN3. The predicted molar refractivity (Wildman–Crippen MR) is 74.5 cm³/mol. The van der Waals surface area contributed by atoms with Crippen molar-refractivity contribution in [2.24, 2.45) is 0 Å². The molecule has 0 fully saturated rings. The Morgan fingerprint density at radius 2 is 2.18 bits per heavy atom. The summed E-state index contributed by atoms with van der Waals surface area (Å²) in [6.45, 7) is 4.70. The van der Waals surface area contributed by atoms with Gasteiger partial charge in [-0.1, -0.05) is 17.7 Å². The van der Waals surface area contributed by atoms with Crippen LogP contribution >= 0.6 is 27.5 Å². The van der Waals surface area contributed by atoms with E-state index in [9.17, 15) is 0 Å². The van der Waals surface area contributed by atoms with Gasteiger partial charge in [0.15, 0.2) is 0 Å². The van der Waals surface area contributed by atoms with Gasteiger partial charge in [-0.15, -0.1) is 0 Å². The first-order valence-corrected chi connectivity index (χ1v) is 6.44. The van der Waals surface area contributed by atoms with Crippen LogP contribution in [0.25, 0.3) is 0 Å². The van der Waals surface area contributed by atoms with Crippen LogP contribution in [0.15, 0.2) is 22.7 Å². The average Bonchev–Trinajstić information content (AvgIpc) is 2.61. The van der Waals surface area contributed by atoms with Crippen molar-refractivity contribution in [2.45, 2.75) is 20.4 Å². The molecule has 17 heavy (non-hydrogen) atoms. The van der Waals surface area contributed by atoms with Crippen LogP contribution in [0, 0.1) is 13.8 Å². The molecule has 1 aromatic heterocycles. The fourth-order valence-electron chi connectivity index (χ4n) is 1.65. The number of nitrogens with one attached hydrogen (secondary N) is 2. The summed E-state index contributed by atoms with van der Waals surface area (Å²) in [7, 11) is 0. The number of aromatic nitrogens is 2. The van der Waals surface area contributed by atoms with E-state index in [1.165, 1.54) is 0 Å². The summed E-state index contributed by atoms with van der Waals surface area (Å²) in [6, 6.07) is 5.94. The van der Waals surface area contributed by atoms with Crippen LogP contribution in [0.3, 0.4) is 0 Å². The van der Waals surface area contributed by atoms with Gasteiger partial charge in [0.2, 0.25) is 0 Å². The molecule has 0 bridgehead atoms. The smallest absolute Gasteiger partial charge is 0.0825 e. The predicted octanol–water partition coefficient (Wildman–Crippen LogP) is 4.05. The Labute approximate surface area is 114 Å². The summed E-state index contributed by atoms with van der Waals surface area (Å²) in [5.74, 6) is 0. The van der Waals surface area contributed by atoms with Crippen molar-refractivity contribution in [3.63, 3.8) is 0 Å². The fourth-order valence-corrected chi connectivity index (χ4v) is 2.10. The zero-order valence-corrected chi connectivity index (χ0v) is 12.0. The van der Waals surface area contributed by atoms with Crippen molar-refractivity contribution in [2.75, 3.05) is 5.32 Å². The summed E-state index contributed by atoms with van der Waals surface area (Å²) >= 11 is 9.42. The molecule has 0 amide bonds. The maximum atomic E-state index is 6.04. The normalized spacial score (nSPS) is 10.6. The van der Waals surface area contributed by atoms with Gasteiger partial charge in [-0.2, -0.15) is 5.10 Å². The number of aromatic amines is 1. The quantitative estimate of drug-likeness (QED) is 0.897. The maximum Gasteiger partial charge on any atom is 0.0825 e. The molecule has 1 heterocycles. The van der Waals surface area contributed by atoms with E-state index in [-0.39, 0.29) is 0 Å². The number of hydrogen-bond acceptors (Lipinski definition) is 2. The number of aryl methyl sites for hydroxylation is 2. The minimum Gasteiger partial charge on any atom is -0.378 e. The van der Waals surface area contributed by atoms with Crippen LogP contribution in [0.4, 0.5) is 5.69 Å². The van der Waals surface area contributed by atoms with Gasteiger partial charge < -0.3 is 5.32 Å². The highest BCUT2D eigenvalue weighted by molar-refractivity contribution is 9.10. The molecule has 0 unspecified atom stereocenters. The Bertz CT molecular complexity index is 517. The molecule has 5 heteroatoms. The molecular weight excluding hydrogens is 302 g/mol. The summed E-state index contributed by atoms with van der Waals surface area (Å²) in [4.78, 5) is 0. The van der Waals surface area contributed by atoms with Crippen molar-refractivity contribution in [3.05, 3.63) is 44.6 Å². The van der Waals surface area contributed by atoms with E-state index in [1.807, 2.05) is 32.0 Å². The molecule has 0 saturated heterocycles. The number of halogens is 2. The van der Waals surface area contributed by atoms with Crippen LogP contribution in [-0.4, -0.2) is 10.2 Å². The lowest BCUT2D eigenvalue weighted by atomic mass is 10.2. The number of anilines is 1. The molecule has 2 N–H and O–H groups in total. The fraction of sp³-hybridized carbons (Fsp3) is 0.250. The second-order valence-corrected chi connectivity index (χ2v) is 5.17. The second kappa shape index (κ2) is 5.10. The van der Waals surface area contributed by atoms with Gasteiger partial charge >= 0.3 is 0 Å². The lowest BCUT2D eigenvalue weighted by Crippen LogP contribution is -2.01. The van der Waals surface area contributed by atoms with E-state index in [2.05, 4.69) is 31.4 Å². The first kappa shape index (κ1) is 12.5. The van der Waals surface area contributed by atoms with Crippen LogP contribution in [0.2, 0.25) is 5.02 Å². The summed E-state index contributed by atoms with van der Waals surface area (Å²) in [5, 5.41) is 11.2. The van der Waals surface area contributed by atoms with Crippen molar-refractivity contribution in [3.8, 4) is 0 Å². The number of hydrogen-bond donors (Lipinski definition) is 2. The van der Waals surface area contributed by atoms with Gasteiger partial charge in [-0.25, -0.2) is 0 Å². The third-order valence-electron chi connectivity index (χ3n) is 2.58. The molecule has 0 aliphatic heterocycles. The van der Waals surface area contributed by atoms with Gasteiger partial charge in [0.25, 0.3) is 0 Å². The van der Waals surface area contributed by atoms with E-state index in [1.54, 1.807) is 0 Å². The molecule has 2 aromatic rings. The topological polar surface area (TPSA) is 40.7 Å². The van der Waals surface area contributed by atoms with Crippen molar-refractivity contribution >= 4 is 33.2 Å². The maximum absolute atomic E-state index is 6.04. The van der Waals surface area contributed by atoms with Crippen molar-refractivity contribution in [1.82, 2.24) is 10.2 Å². The van der Waals surface area contributed by atoms with Crippen LogP contribution in [0.1, 0.15) is 17.0 Å². The second-order valence-electron chi connectivity index (χ2n) is 3.91. The Morgan fingerprint density at radius 1 is 1.41 bits per heavy atom. The Kier molecular flexibility index (Phi) is 3.74. The van der Waals surface area contributed by atoms with Gasteiger partial charge in [-0.05, 0) is 47.5 Å². The lowest BCUT2D eigenvalue weighted by molar-refractivity contribution is 1.02. The molecule has 1 aromatic carbocycles. The Balaban J connectivity index is 2.10. The first-order valence-electron chi connectivity index (χ1n) is 5.27. The van der Waals surface area contributed by atoms with E-state index < -0.39 is 0 Å². The molecule has 0 aliphatic rings. The van der Waals surface area contributed by atoms with E-state index >= 15 is 0 Å². The molecule has 0 atom stereocenters. The van der Waals surface area contributed by atoms with Crippen molar-refractivity contribution < 1.29 is 0 Å². The first-order chi connectivity index (χ1) is 8.08. The molecule has 0 saturated carbocycles. The minimum absolute atomic E-state index is 0.727. The zero-order chi connectivity index (χ0) is 12.4. The summed E-state index contributed by atoms with van der Waals surface area (Å²) < 4.78 is 0.915. The molecule has 0 aliphatic carbocycles. The largest absolute Gasteiger partial charge is 0.378 e. The number of benzene rings is 1. The average molecular weight is 315 g/mol. The summed E-state index contributed by atoms with van der Waals surface area (Å²) in [6.07, 6.45) is 0. The summed E-state index contributed by atoms with van der Waals surface area (Å²) in [5.41, 5.74) is 4.22. The van der Waals surface area contributed by atoms with E-state index in [4.69, 9.17) is 11.6 Å². The molecule has 2 rings (SSSR count). The number of nitrogens with zero attached hydrogens (tertiary/aromatic N) is 1. The van der Waals surface area contributed by atoms with Gasteiger partial charge in [-0.3, -0.25) is 5.10 Å². The third-order valence-corrected chi connectivity index (χ3v) is 3.81. The minimum atomic E-state index is 0.727. The molecule has 90 valence electrons.